The lowest BCUT2D eigenvalue weighted by Crippen LogP contribution is -2.36. The molecule has 6 rings (SSSR count). The third-order valence-electron chi connectivity index (χ3n) is 6.32. The van der Waals surface area contributed by atoms with Gasteiger partial charge in [-0.1, -0.05) is 50.9 Å². The molecule has 1 aromatic carbocycles. The van der Waals surface area contributed by atoms with E-state index in [1.54, 1.807) is 18.3 Å². The van der Waals surface area contributed by atoms with E-state index in [2.05, 4.69) is 29.7 Å². The summed E-state index contributed by atoms with van der Waals surface area (Å²) in [6.07, 6.45) is 5.85. The van der Waals surface area contributed by atoms with E-state index in [1.807, 2.05) is 6.07 Å². The van der Waals surface area contributed by atoms with E-state index in [0.717, 1.165) is 55.1 Å². The molecule has 182 valence electrons. The number of aromatic amines is 1. The largest absolute Gasteiger partial charge is 0.439 e. The Morgan fingerprint density at radius 1 is 1.11 bits per heavy atom. The normalized spacial score (nSPS) is 16.8. The van der Waals surface area contributed by atoms with Gasteiger partial charge in [0.15, 0.2) is 5.01 Å². The summed E-state index contributed by atoms with van der Waals surface area (Å²) < 4.78 is 16.7. The van der Waals surface area contributed by atoms with Crippen LogP contribution in [0.25, 0.3) is 22.1 Å². The van der Waals surface area contributed by atoms with E-state index in [4.69, 9.17) is 32.5 Å². The van der Waals surface area contributed by atoms with E-state index in [-0.39, 0.29) is 6.10 Å². The van der Waals surface area contributed by atoms with Crippen LogP contribution in [0.15, 0.2) is 38.2 Å². The zero-order valence-corrected chi connectivity index (χ0v) is 20.8. The second-order valence-corrected chi connectivity index (χ2v) is 10.5. The third kappa shape index (κ3) is 4.63. The minimum Gasteiger partial charge on any atom is -0.373 e. The van der Waals surface area contributed by atoms with Gasteiger partial charge in [0.05, 0.1) is 29.0 Å². The highest BCUT2D eigenvalue weighted by molar-refractivity contribution is 7.18. The molecule has 2 aliphatic rings. The Kier molecular flexibility index (Phi) is 6.13. The molecule has 0 amide bonds. The lowest BCUT2D eigenvalue weighted by molar-refractivity contribution is 0.0247. The quantitative estimate of drug-likeness (QED) is 0.331. The van der Waals surface area contributed by atoms with E-state index in [9.17, 15) is 4.79 Å². The predicted octanol–water partition coefficient (Wildman–Crippen LogP) is 5.51. The lowest BCUT2D eigenvalue weighted by Gasteiger charge is -2.32. The lowest BCUT2D eigenvalue weighted by atomic mass is 10.0. The number of ether oxygens (including phenoxy) is 1. The van der Waals surface area contributed by atoms with Gasteiger partial charge in [-0.3, -0.25) is 9.51 Å². The minimum atomic E-state index is -0.590. The molecule has 0 spiro atoms. The fourth-order valence-electron chi connectivity index (χ4n) is 4.34. The average molecular weight is 534 g/mol. The second kappa shape index (κ2) is 9.42. The molecule has 3 aromatic heterocycles. The van der Waals surface area contributed by atoms with Gasteiger partial charge >= 0.3 is 5.76 Å². The maximum Gasteiger partial charge on any atom is 0.439 e. The number of anilines is 1. The van der Waals surface area contributed by atoms with E-state index < -0.39 is 5.76 Å². The number of thiazole rings is 1. The van der Waals surface area contributed by atoms with Gasteiger partial charge in [-0.05, 0) is 37.8 Å². The van der Waals surface area contributed by atoms with Gasteiger partial charge in [-0.2, -0.15) is 0 Å². The highest BCUT2D eigenvalue weighted by Crippen LogP contribution is 2.46. The monoisotopic (exact) mass is 533 g/mol. The molecule has 9 nitrogen and oxygen atoms in total. The molecular formula is C23H21Cl2N5O4S. The number of piperidine rings is 1. The number of nitrogens with zero attached hydrogens (tertiary/aromatic N) is 4. The fourth-order valence-corrected chi connectivity index (χ4v) is 5.82. The van der Waals surface area contributed by atoms with Crippen molar-refractivity contribution in [3.05, 3.63) is 56.3 Å². The second-order valence-electron chi connectivity index (χ2n) is 8.69. The van der Waals surface area contributed by atoms with Crippen molar-refractivity contribution in [2.24, 2.45) is 0 Å². The van der Waals surface area contributed by atoms with Crippen molar-refractivity contribution in [1.82, 2.24) is 20.3 Å². The number of H-pyrrole nitrogens is 1. The molecule has 1 N–H and O–H groups in total. The van der Waals surface area contributed by atoms with Gasteiger partial charge in [-0.25, -0.2) is 9.78 Å². The Bertz CT molecular complexity index is 1380. The van der Waals surface area contributed by atoms with Crippen molar-refractivity contribution < 1.29 is 13.8 Å². The summed E-state index contributed by atoms with van der Waals surface area (Å²) in [5.74, 6) is 1.03. The summed E-state index contributed by atoms with van der Waals surface area (Å²) in [5, 5.41) is 10.8. The molecule has 1 aliphatic heterocycles. The molecule has 0 atom stereocenters. The first-order valence-corrected chi connectivity index (χ1v) is 13.0. The van der Waals surface area contributed by atoms with Gasteiger partial charge in [0.2, 0.25) is 5.82 Å². The maximum absolute atomic E-state index is 11.2. The molecule has 12 heteroatoms. The highest BCUT2D eigenvalue weighted by Gasteiger charge is 2.34. The number of rotatable bonds is 7. The molecule has 0 radical (unpaired) electrons. The van der Waals surface area contributed by atoms with Crippen LogP contribution in [0.1, 0.15) is 42.9 Å². The Balaban J connectivity index is 1.12. The van der Waals surface area contributed by atoms with E-state index in [0.29, 0.717) is 44.7 Å². The van der Waals surface area contributed by atoms with Crippen LogP contribution in [0, 0.1) is 0 Å². The van der Waals surface area contributed by atoms with E-state index in [1.165, 1.54) is 11.3 Å². The molecule has 1 aliphatic carbocycles. The van der Waals surface area contributed by atoms with Crippen LogP contribution in [-0.4, -0.2) is 39.5 Å². The summed E-state index contributed by atoms with van der Waals surface area (Å²) in [6.45, 7) is 2.08. The van der Waals surface area contributed by atoms with Crippen molar-refractivity contribution in [2.45, 2.75) is 44.3 Å². The van der Waals surface area contributed by atoms with Crippen LogP contribution < -0.4 is 10.7 Å². The van der Waals surface area contributed by atoms with Crippen molar-refractivity contribution in [2.75, 3.05) is 18.0 Å². The number of aromatic nitrogens is 4. The Labute approximate surface area is 214 Å². The van der Waals surface area contributed by atoms with Crippen LogP contribution in [-0.2, 0) is 11.3 Å². The van der Waals surface area contributed by atoms with Gasteiger partial charge in [0, 0.05) is 30.1 Å². The first-order chi connectivity index (χ1) is 17.1. The zero-order valence-electron chi connectivity index (χ0n) is 18.5. The predicted molar refractivity (Wildman–Crippen MR) is 132 cm³/mol. The molecule has 4 aromatic rings. The van der Waals surface area contributed by atoms with Crippen molar-refractivity contribution in [3.63, 3.8) is 0 Å². The molecular weight excluding hydrogens is 513 g/mol. The number of nitrogens with one attached hydrogen (secondary N) is 1. The Hall–Kier alpha value is -2.66. The van der Waals surface area contributed by atoms with Crippen LogP contribution >= 0.6 is 34.5 Å². The van der Waals surface area contributed by atoms with Crippen LogP contribution in [0.4, 0.5) is 5.00 Å². The summed E-state index contributed by atoms with van der Waals surface area (Å²) >= 11 is 14.4. The molecule has 4 heterocycles. The van der Waals surface area contributed by atoms with Crippen molar-refractivity contribution in [3.8, 4) is 22.1 Å². The number of hydrogen-bond donors (Lipinski definition) is 1. The Morgan fingerprint density at radius 3 is 2.57 bits per heavy atom. The average Bonchev–Trinajstić information content (AvgIpc) is 3.23. The minimum absolute atomic E-state index is 0.113. The topological polar surface area (TPSA) is 110 Å². The number of halogens is 2. The van der Waals surface area contributed by atoms with Crippen LogP contribution in [0.3, 0.4) is 0 Å². The Morgan fingerprint density at radius 2 is 1.89 bits per heavy atom. The number of benzene rings is 1. The highest BCUT2D eigenvalue weighted by atomic mass is 35.5. The van der Waals surface area contributed by atoms with Crippen molar-refractivity contribution in [1.29, 1.82) is 0 Å². The maximum atomic E-state index is 11.2. The first kappa shape index (κ1) is 22.8. The van der Waals surface area contributed by atoms with Gasteiger partial charge in [0.25, 0.3) is 0 Å². The van der Waals surface area contributed by atoms with Gasteiger partial charge in [-0.15, -0.1) is 0 Å². The summed E-state index contributed by atoms with van der Waals surface area (Å²) in [5.41, 5.74) is 2.30. The van der Waals surface area contributed by atoms with E-state index >= 15 is 0 Å². The summed E-state index contributed by atoms with van der Waals surface area (Å²) in [7, 11) is 0. The van der Waals surface area contributed by atoms with Gasteiger partial charge in [0.1, 0.15) is 16.5 Å². The third-order valence-corrected chi connectivity index (χ3v) is 8.01. The molecule has 0 bridgehead atoms. The molecule has 2 fully saturated rings. The molecule has 1 saturated heterocycles. The van der Waals surface area contributed by atoms with Crippen LogP contribution in [0.5, 0.6) is 0 Å². The fraction of sp³-hybridized carbons (Fsp3) is 0.391. The summed E-state index contributed by atoms with van der Waals surface area (Å²) in [4.78, 5) is 20.4. The van der Waals surface area contributed by atoms with Crippen LogP contribution in [0.2, 0.25) is 10.0 Å². The first-order valence-electron chi connectivity index (χ1n) is 11.4. The zero-order chi connectivity index (χ0) is 23.9. The SMILES string of the molecule is O=c1[nH]c(-c2ncc(N3CCC(OCc4c(-c5c(Cl)cccc5Cl)noc4C4CC4)CC3)s2)no1. The molecule has 0 unspecified atom stereocenters. The standard InChI is InChI=1S/C23H21Cl2N5O4S/c24-15-2-1-3-16(25)18(15)19-14(20(33-28-19)12-4-5-12)11-32-13-6-8-30(9-7-13)17-10-26-22(35-17)21-27-23(31)34-29-21/h1-3,10,12-13H,4-9,11H2,(H,27,29,31). The molecule has 1 saturated carbocycles. The van der Waals surface area contributed by atoms with Crippen molar-refractivity contribution >= 4 is 39.5 Å². The van der Waals surface area contributed by atoms with Gasteiger partial charge < -0.3 is 14.2 Å². The number of hydrogen-bond acceptors (Lipinski definition) is 9. The summed E-state index contributed by atoms with van der Waals surface area (Å²) in [6, 6.07) is 5.43. The smallest absolute Gasteiger partial charge is 0.373 e. The molecule has 35 heavy (non-hydrogen) atoms.